The van der Waals surface area contributed by atoms with Gasteiger partial charge in [-0.05, 0) is 19.3 Å². The lowest BCUT2D eigenvalue weighted by Crippen LogP contribution is -2.26. The van der Waals surface area contributed by atoms with Crippen LogP contribution in [-0.2, 0) is 4.74 Å². The predicted octanol–water partition coefficient (Wildman–Crippen LogP) is 0.817. The van der Waals surface area contributed by atoms with Gasteiger partial charge in [0.2, 0.25) is 0 Å². The molecule has 0 saturated heterocycles. The number of ether oxygens (including phenoxy) is 1. The molecule has 1 amide bonds. The average Bonchev–Trinajstić information content (AvgIpc) is 3.19. The summed E-state index contributed by atoms with van der Waals surface area (Å²) < 4.78 is 4.94. The van der Waals surface area contributed by atoms with Crippen molar-refractivity contribution in [3.8, 4) is 0 Å². The van der Waals surface area contributed by atoms with Gasteiger partial charge >= 0.3 is 0 Å². The van der Waals surface area contributed by atoms with Gasteiger partial charge in [-0.15, -0.1) is 0 Å². The lowest BCUT2D eigenvalue weighted by molar-refractivity contribution is 0.0945. The summed E-state index contributed by atoms with van der Waals surface area (Å²) in [5.41, 5.74) is 0.365. The van der Waals surface area contributed by atoms with Crippen LogP contribution in [0.4, 0.5) is 5.82 Å². The summed E-state index contributed by atoms with van der Waals surface area (Å²) in [6.45, 7) is 1.48. The smallest absolute Gasteiger partial charge is 0.271 e. The van der Waals surface area contributed by atoms with E-state index in [-0.39, 0.29) is 5.91 Å². The normalized spacial score (nSPS) is 14.3. The first-order valence-electron chi connectivity index (χ1n) is 6.15. The zero-order chi connectivity index (χ0) is 12.8. The van der Waals surface area contributed by atoms with E-state index in [1.807, 2.05) is 0 Å². The molecule has 0 aliphatic heterocycles. The molecule has 1 fully saturated rings. The molecule has 1 aromatic heterocycles. The monoisotopic (exact) mass is 250 g/mol. The fraction of sp³-hybridized carbons (Fsp3) is 0.583. The number of carbonyl (C=O) groups is 1. The Morgan fingerprint density at radius 1 is 1.44 bits per heavy atom. The van der Waals surface area contributed by atoms with Crippen molar-refractivity contribution in [3.05, 3.63) is 18.1 Å². The minimum absolute atomic E-state index is 0.143. The number of carbonyl (C=O) groups excluding carboxylic acids is 1. The van der Waals surface area contributed by atoms with E-state index in [0.29, 0.717) is 24.2 Å². The first-order valence-corrected chi connectivity index (χ1v) is 6.15. The summed E-state index contributed by atoms with van der Waals surface area (Å²) in [4.78, 5) is 19.9. The Kier molecular flexibility index (Phi) is 4.46. The first-order chi connectivity index (χ1) is 8.79. The third-order valence-corrected chi connectivity index (χ3v) is 2.63. The molecule has 98 valence electrons. The van der Waals surface area contributed by atoms with Gasteiger partial charge in [-0.25, -0.2) is 9.97 Å². The number of hydrogen-bond acceptors (Lipinski definition) is 5. The highest BCUT2D eigenvalue weighted by atomic mass is 16.5. The van der Waals surface area contributed by atoms with Gasteiger partial charge in [-0.2, -0.15) is 0 Å². The highest BCUT2D eigenvalue weighted by Crippen LogP contribution is 2.18. The van der Waals surface area contributed by atoms with Gasteiger partial charge in [0.1, 0.15) is 11.5 Å². The first kappa shape index (κ1) is 12.8. The van der Waals surface area contributed by atoms with Crippen LogP contribution in [0.2, 0.25) is 0 Å². The van der Waals surface area contributed by atoms with Crippen LogP contribution in [0.15, 0.2) is 12.4 Å². The lowest BCUT2D eigenvalue weighted by atomic mass is 10.4. The van der Waals surface area contributed by atoms with E-state index < -0.39 is 0 Å². The van der Waals surface area contributed by atoms with Gasteiger partial charge in [0.25, 0.3) is 5.91 Å². The maximum atomic E-state index is 11.7. The molecule has 1 aliphatic carbocycles. The molecule has 1 aliphatic rings. The van der Waals surface area contributed by atoms with E-state index >= 15 is 0 Å². The molecule has 1 aromatic rings. The van der Waals surface area contributed by atoms with E-state index in [0.717, 1.165) is 25.8 Å². The van der Waals surface area contributed by atoms with Gasteiger partial charge in [-0.3, -0.25) is 4.79 Å². The van der Waals surface area contributed by atoms with Crippen molar-refractivity contribution in [3.63, 3.8) is 0 Å². The van der Waals surface area contributed by atoms with E-state index in [1.54, 1.807) is 13.3 Å². The molecule has 1 heterocycles. The van der Waals surface area contributed by atoms with Crippen LogP contribution in [0.25, 0.3) is 0 Å². The summed E-state index contributed by atoms with van der Waals surface area (Å²) in [5, 5.41) is 5.98. The Morgan fingerprint density at radius 2 is 2.28 bits per heavy atom. The number of aromatic nitrogens is 2. The number of nitrogens with zero attached hydrogens (tertiary/aromatic N) is 2. The van der Waals surface area contributed by atoms with Crippen LogP contribution in [0, 0.1) is 0 Å². The van der Waals surface area contributed by atoms with E-state index in [4.69, 9.17) is 4.74 Å². The number of nitrogens with one attached hydrogen (secondary N) is 2. The Hall–Kier alpha value is -1.69. The average molecular weight is 250 g/mol. The van der Waals surface area contributed by atoms with Crippen molar-refractivity contribution in [1.82, 2.24) is 15.3 Å². The van der Waals surface area contributed by atoms with Crippen molar-refractivity contribution in [2.45, 2.75) is 25.3 Å². The standard InChI is InChI=1S/C12H18N4O2/c1-18-6-2-5-13-11-8-14-10(7-15-11)12(17)16-9-3-4-9/h7-9H,2-6H2,1H3,(H,13,15)(H,16,17). The zero-order valence-corrected chi connectivity index (χ0v) is 10.5. The van der Waals surface area contributed by atoms with Crippen LogP contribution in [0.3, 0.4) is 0 Å². The van der Waals surface area contributed by atoms with Crippen molar-refractivity contribution in [2.75, 3.05) is 25.6 Å². The van der Waals surface area contributed by atoms with Gasteiger partial charge in [-0.1, -0.05) is 0 Å². The number of methoxy groups -OCH3 is 1. The second-order valence-corrected chi connectivity index (χ2v) is 4.31. The van der Waals surface area contributed by atoms with Gasteiger partial charge < -0.3 is 15.4 Å². The van der Waals surface area contributed by atoms with Gasteiger partial charge in [0.15, 0.2) is 0 Å². The van der Waals surface area contributed by atoms with Crippen molar-refractivity contribution in [2.24, 2.45) is 0 Å². The molecule has 0 radical (unpaired) electrons. The maximum Gasteiger partial charge on any atom is 0.271 e. The molecular weight excluding hydrogens is 232 g/mol. The Bertz CT molecular complexity index is 390. The number of amides is 1. The van der Waals surface area contributed by atoms with Crippen LogP contribution in [-0.4, -0.2) is 42.2 Å². The Labute approximate surface area is 106 Å². The molecule has 0 unspecified atom stereocenters. The molecule has 0 spiro atoms. The summed E-state index contributed by atoms with van der Waals surface area (Å²) >= 11 is 0. The van der Waals surface area contributed by atoms with Gasteiger partial charge in [0, 0.05) is 26.3 Å². The lowest BCUT2D eigenvalue weighted by Gasteiger charge is -2.06. The second-order valence-electron chi connectivity index (χ2n) is 4.31. The van der Waals surface area contributed by atoms with Gasteiger partial charge in [0.05, 0.1) is 12.4 Å². The highest BCUT2D eigenvalue weighted by molar-refractivity contribution is 5.92. The van der Waals surface area contributed by atoms with Crippen molar-refractivity contribution < 1.29 is 9.53 Å². The van der Waals surface area contributed by atoms with Crippen molar-refractivity contribution >= 4 is 11.7 Å². The number of hydrogen-bond donors (Lipinski definition) is 2. The molecule has 2 rings (SSSR count). The SMILES string of the molecule is COCCCNc1cnc(C(=O)NC2CC2)cn1. The summed E-state index contributed by atoms with van der Waals surface area (Å²) in [6.07, 6.45) is 6.11. The largest absolute Gasteiger partial charge is 0.385 e. The number of anilines is 1. The second kappa shape index (κ2) is 6.30. The molecule has 0 atom stereocenters. The molecular formula is C12H18N4O2. The summed E-state index contributed by atoms with van der Waals surface area (Å²) in [5.74, 6) is 0.532. The number of rotatable bonds is 7. The summed E-state index contributed by atoms with van der Waals surface area (Å²) in [7, 11) is 1.67. The molecule has 6 heteroatoms. The van der Waals surface area contributed by atoms with Crippen LogP contribution >= 0.6 is 0 Å². The topological polar surface area (TPSA) is 76.1 Å². The highest BCUT2D eigenvalue weighted by Gasteiger charge is 2.24. The van der Waals surface area contributed by atoms with E-state index in [1.165, 1.54) is 6.20 Å². The van der Waals surface area contributed by atoms with E-state index in [2.05, 4.69) is 20.6 Å². The fourth-order valence-corrected chi connectivity index (χ4v) is 1.46. The predicted molar refractivity (Wildman–Crippen MR) is 67.5 cm³/mol. The molecule has 0 bridgehead atoms. The van der Waals surface area contributed by atoms with E-state index in [9.17, 15) is 4.79 Å². The summed E-state index contributed by atoms with van der Waals surface area (Å²) in [6, 6.07) is 0.339. The molecule has 1 saturated carbocycles. The minimum Gasteiger partial charge on any atom is -0.385 e. The third kappa shape index (κ3) is 3.96. The third-order valence-electron chi connectivity index (χ3n) is 2.63. The van der Waals surface area contributed by atoms with Crippen molar-refractivity contribution in [1.29, 1.82) is 0 Å². The molecule has 0 aromatic carbocycles. The Balaban J connectivity index is 1.78. The zero-order valence-electron chi connectivity index (χ0n) is 10.5. The quantitative estimate of drug-likeness (QED) is 0.701. The Morgan fingerprint density at radius 3 is 2.89 bits per heavy atom. The van der Waals surface area contributed by atoms with Crippen LogP contribution in [0.5, 0.6) is 0 Å². The molecule has 6 nitrogen and oxygen atoms in total. The minimum atomic E-state index is -0.143. The fourth-order valence-electron chi connectivity index (χ4n) is 1.46. The van der Waals surface area contributed by atoms with Crippen LogP contribution < -0.4 is 10.6 Å². The van der Waals surface area contributed by atoms with Crippen LogP contribution in [0.1, 0.15) is 29.8 Å². The maximum absolute atomic E-state index is 11.7. The molecule has 18 heavy (non-hydrogen) atoms. The molecule has 2 N–H and O–H groups in total.